The standard InChI is InChI=1S/C22H21NO4S/c1-13(2)28-20-19(16-7-4-14(3)5-8-16)21(24)23(22(20)25)11-15-6-9-17-18(10-15)27-12-26-17/h4-10,13H,11-12H2,1-3H3. The van der Waals surface area contributed by atoms with Crippen molar-refractivity contribution in [2.45, 2.75) is 32.6 Å². The lowest BCUT2D eigenvalue weighted by molar-refractivity contribution is -0.137. The number of aryl methyl sites for hydroxylation is 1. The van der Waals surface area contributed by atoms with Crippen LogP contribution in [0.5, 0.6) is 11.5 Å². The van der Waals surface area contributed by atoms with E-state index in [4.69, 9.17) is 9.47 Å². The number of carbonyl (C=O) groups is 2. The smallest absolute Gasteiger partial charge is 0.268 e. The van der Waals surface area contributed by atoms with E-state index in [0.717, 1.165) is 16.7 Å². The Morgan fingerprint density at radius 1 is 1.00 bits per heavy atom. The van der Waals surface area contributed by atoms with Crippen LogP contribution in [0.15, 0.2) is 47.4 Å². The summed E-state index contributed by atoms with van der Waals surface area (Å²) in [6.07, 6.45) is 0. The molecule has 2 amide bonds. The van der Waals surface area contributed by atoms with Gasteiger partial charge in [-0.2, -0.15) is 0 Å². The average Bonchev–Trinajstić information content (AvgIpc) is 3.21. The van der Waals surface area contributed by atoms with Crippen molar-refractivity contribution in [3.63, 3.8) is 0 Å². The molecule has 144 valence electrons. The van der Waals surface area contributed by atoms with E-state index in [0.29, 0.717) is 22.0 Å². The van der Waals surface area contributed by atoms with Crippen molar-refractivity contribution in [3.8, 4) is 11.5 Å². The molecule has 0 N–H and O–H groups in total. The number of benzene rings is 2. The Hall–Kier alpha value is -2.73. The maximum Gasteiger partial charge on any atom is 0.268 e. The van der Waals surface area contributed by atoms with Crippen LogP contribution in [-0.4, -0.2) is 28.8 Å². The number of fused-ring (bicyclic) bond motifs is 1. The molecule has 0 unspecified atom stereocenters. The van der Waals surface area contributed by atoms with Gasteiger partial charge in [-0.25, -0.2) is 0 Å². The molecular weight excluding hydrogens is 374 g/mol. The molecule has 2 aromatic carbocycles. The Morgan fingerprint density at radius 2 is 1.71 bits per heavy atom. The number of carbonyl (C=O) groups excluding carboxylic acids is 2. The van der Waals surface area contributed by atoms with Crippen LogP contribution in [0.4, 0.5) is 0 Å². The largest absolute Gasteiger partial charge is 0.454 e. The molecule has 0 aliphatic carbocycles. The Kier molecular flexibility index (Phi) is 4.89. The lowest BCUT2D eigenvalue weighted by Gasteiger charge is -2.16. The fourth-order valence-corrected chi connectivity index (χ4v) is 4.24. The minimum Gasteiger partial charge on any atom is -0.454 e. The minimum absolute atomic E-state index is 0.189. The topological polar surface area (TPSA) is 55.8 Å². The van der Waals surface area contributed by atoms with Crippen LogP contribution in [-0.2, 0) is 16.1 Å². The molecule has 2 aromatic rings. The molecule has 5 nitrogen and oxygen atoms in total. The van der Waals surface area contributed by atoms with Gasteiger partial charge in [0.05, 0.1) is 17.0 Å². The predicted molar refractivity (Wildman–Crippen MR) is 109 cm³/mol. The highest BCUT2D eigenvalue weighted by atomic mass is 32.2. The lowest BCUT2D eigenvalue weighted by Crippen LogP contribution is -2.31. The zero-order valence-corrected chi connectivity index (χ0v) is 16.8. The number of amides is 2. The Labute approximate surface area is 168 Å². The van der Waals surface area contributed by atoms with Crippen LogP contribution in [0, 0.1) is 6.92 Å². The summed E-state index contributed by atoms with van der Waals surface area (Å²) < 4.78 is 10.7. The van der Waals surface area contributed by atoms with Crippen molar-refractivity contribution in [2.24, 2.45) is 0 Å². The molecule has 0 atom stereocenters. The monoisotopic (exact) mass is 395 g/mol. The van der Waals surface area contributed by atoms with E-state index in [1.54, 1.807) is 6.07 Å². The number of rotatable bonds is 5. The molecule has 0 spiro atoms. The van der Waals surface area contributed by atoms with Crippen molar-refractivity contribution >= 4 is 29.1 Å². The number of thioether (sulfide) groups is 1. The molecule has 0 aromatic heterocycles. The highest BCUT2D eigenvalue weighted by molar-refractivity contribution is 8.04. The highest BCUT2D eigenvalue weighted by Crippen LogP contribution is 2.39. The van der Waals surface area contributed by atoms with Crippen LogP contribution < -0.4 is 9.47 Å². The predicted octanol–water partition coefficient (Wildman–Crippen LogP) is 4.15. The second-order valence-electron chi connectivity index (χ2n) is 7.12. The number of hydrogen-bond donors (Lipinski definition) is 0. The summed E-state index contributed by atoms with van der Waals surface area (Å²) >= 11 is 1.44. The quantitative estimate of drug-likeness (QED) is 0.712. The molecule has 0 saturated carbocycles. The van der Waals surface area contributed by atoms with E-state index in [-0.39, 0.29) is 30.4 Å². The summed E-state index contributed by atoms with van der Waals surface area (Å²) in [6, 6.07) is 13.2. The van der Waals surface area contributed by atoms with Crippen LogP contribution in [0.2, 0.25) is 0 Å². The minimum atomic E-state index is -0.255. The second-order valence-corrected chi connectivity index (χ2v) is 8.71. The number of imide groups is 1. The number of nitrogens with zero attached hydrogens (tertiary/aromatic N) is 1. The third-order valence-electron chi connectivity index (χ3n) is 4.60. The third-order valence-corrected chi connectivity index (χ3v) is 5.68. The van der Waals surface area contributed by atoms with Crippen molar-refractivity contribution in [1.29, 1.82) is 0 Å². The van der Waals surface area contributed by atoms with Gasteiger partial charge in [0.1, 0.15) is 0 Å². The molecule has 0 bridgehead atoms. The number of ether oxygens (including phenoxy) is 2. The first-order valence-electron chi connectivity index (χ1n) is 9.16. The molecule has 0 fully saturated rings. The van der Waals surface area contributed by atoms with Crippen LogP contribution in [0.1, 0.15) is 30.5 Å². The van der Waals surface area contributed by atoms with Gasteiger partial charge in [-0.1, -0.05) is 49.7 Å². The van der Waals surface area contributed by atoms with Crippen LogP contribution >= 0.6 is 11.8 Å². The van der Waals surface area contributed by atoms with Gasteiger partial charge in [-0.15, -0.1) is 11.8 Å². The highest BCUT2D eigenvalue weighted by Gasteiger charge is 2.39. The molecule has 4 rings (SSSR count). The normalized spacial score (nSPS) is 15.9. The summed E-state index contributed by atoms with van der Waals surface area (Å²) in [5.41, 5.74) is 3.20. The van der Waals surface area contributed by atoms with E-state index >= 15 is 0 Å². The fourth-order valence-electron chi connectivity index (χ4n) is 3.24. The van der Waals surface area contributed by atoms with Crippen LogP contribution in [0.3, 0.4) is 0 Å². The van der Waals surface area contributed by atoms with Gasteiger partial charge in [0, 0.05) is 5.25 Å². The lowest BCUT2D eigenvalue weighted by atomic mass is 10.0. The molecule has 6 heteroatoms. The van der Waals surface area contributed by atoms with E-state index < -0.39 is 0 Å². The summed E-state index contributed by atoms with van der Waals surface area (Å²) in [7, 11) is 0. The maximum atomic E-state index is 13.2. The summed E-state index contributed by atoms with van der Waals surface area (Å²) in [5.74, 6) is 0.823. The van der Waals surface area contributed by atoms with Gasteiger partial charge in [0.2, 0.25) is 6.79 Å². The summed E-state index contributed by atoms with van der Waals surface area (Å²) in [4.78, 5) is 28.2. The van der Waals surface area contributed by atoms with Gasteiger partial charge < -0.3 is 9.47 Å². The average molecular weight is 395 g/mol. The van der Waals surface area contributed by atoms with E-state index in [1.807, 2.05) is 57.2 Å². The Balaban J connectivity index is 1.67. The van der Waals surface area contributed by atoms with E-state index in [1.165, 1.54) is 16.7 Å². The first-order valence-corrected chi connectivity index (χ1v) is 10.0. The summed E-state index contributed by atoms with van der Waals surface area (Å²) in [5, 5.41) is 0.192. The summed E-state index contributed by atoms with van der Waals surface area (Å²) in [6.45, 7) is 6.42. The maximum absolute atomic E-state index is 13.2. The SMILES string of the molecule is Cc1ccc(C2=C(SC(C)C)C(=O)N(Cc3ccc4c(c3)OCO4)C2=O)cc1. The first-order chi connectivity index (χ1) is 13.4. The zero-order chi connectivity index (χ0) is 19.8. The van der Waals surface area contributed by atoms with Gasteiger partial charge >= 0.3 is 0 Å². The van der Waals surface area contributed by atoms with Gasteiger partial charge in [0.25, 0.3) is 11.8 Å². The first kappa shape index (κ1) is 18.6. The Bertz CT molecular complexity index is 979. The molecule has 28 heavy (non-hydrogen) atoms. The van der Waals surface area contributed by atoms with Crippen molar-refractivity contribution in [3.05, 3.63) is 64.1 Å². The zero-order valence-electron chi connectivity index (χ0n) is 16.0. The van der Waals surface area contributed by atoms with E-state index in [9.17, 15) is 9.59 Å². The number of hydrogen-bond acceptors (Lipinski definition) is 5. The molecule has 0 radical (unpaired) electrons. The third kappa shape index (κ3) is 3.40. The molecule has 2 heterocycles. The fraction of sp³-hybridized carbons (Fsp3) is 0.273. The second kappa shape index (κ2) is 7.36. The Morgan fingerprint density at radius 3 is 2.43 bits per heavy atom. The van der Waals surface area contributed by atoms with Gasteiger partial charge in [-0.05, 0) is 30.2 Å². The van der Waals surface area contributed by atoms with E-state index in [2.05, 4.69) is 0 Å². The molecule has 2 aliphatic rings. The van der Waals surface area contributed by atoms with Crippen molar-refractivity contribution in [1.82, 2.24) is 4.90 Å². The molecular formula is C22H21NO4S. The van der Waals surface area contributed by atoms with Gasteiger partial charge in [0.15, 0.2) is 11.5 Å². The van der Waals surface area contributed by atoms with Crippen molar-refractivity contribution < 1.29 is 19.1 Å². The van der Waals surface area contributed by atoms with Gasteiger partial charge in [-0.3, -0.25) is 14.5 Å². The van der Waals surface area contributed by atoms with Crippen molar-refractivity contribution in [2.75, 3.05) is 6.79 Å². The molecule has 0 saturated heterocycles. The molecule has 2 aliphatic heterocycles. The van der Waals surface area contributed by atoms with Crippen LogP contribution in [0.25, 0.3) is 5.57 Å².